The molecule has 11 heavy (non-hydrogen) atoms. The molecule has 0 aromatic rings. The lowest BCUT2D eigenvalue weighted by Gasteiger charge is -2.57. The van der Waals surface area contributed by atoms with Crippen LogP contribution >= 0.6 is 11.6 Å². The van der Waals surface area contributed by atoms with E-state index in [4.69, 9.17) is 11.6 Å². The van der Waals surface area contributed by atoms with Crippen molar-refractivity contribution in [3.05, 3.63) is 11.6 Å². The van der Waals surface area contributed by atoms with Gasteiger partial charge in [0.2, 0.25) is 0 Å². The average molecular weight is 171 g/mol. The van der Waals surface area contributed by atoms with Crippen LogP contribution in [0.1, 0.15) is 27.2 Å². The molecule has 2 bridgehead atoms. The number of hydrogen-bond donors (Lipinski definition) is 0. The van der Waals surface area contributed by atoms with E-state index in [0.29, 0.717) is 10.8 Å². The van der Waals surface area contributed by atoms with Crippen LogP contribution in [0.25, 0.3) is 0 Å². The molecule has 0 aromatic heterocycles. The molecule has 3 rings (SSSR count). The van der Waals surface area contributed by atoms with Crippen LogP contribution in [0.3, 0.4) is 0 Å². The van der Waals surface area contributed by atoms with Gasteiger partial charge >= 0.3 is 0 Å². The van der Waals surface area contributed by atoms with Gasteiger partial charge in [-0.05, 0) is 30.6 Å². The van der Waals surface area contributed by atoms with Crippen molar-refractivity contribution in [2.45, 2.75) is 32.6 Å². The lowest BCUT2D eigenvalue weighted by Crippen LogP contribution is -2.52. The molecule has 62 valence electrons. The summed E-state index contributed by atoms with van der Waals surface area (Å²) in [6.07, 6.45) is 3.56. The third kappa shape index (κ3) is 0.823. The molecule has 0 N–H and O–H groups in total. The second-order valence-electron chi connectivity index (χ2n) is 4.57. The van der Waals surface area contributed by atoms with E-state index in [0.717, 1.165) is 11.8 Å². The van der Waals surface area contributed by atoms with Gasteiger partial charge in [-0.3, -0.25) is 0 Å². The van der Waals surface area contributed by atoms with Gasteiger partial charge in [-0.15, -0.1) is 11.6 Å². The first-order chi connectivity index (χ1) is 5.03. The molecule has 0 saturated heterocycles. The van der Waals surface area contributed by atoms with Crippen molar-refractivity contribution in [1.29, 1.82) is 0 Å². The van der Waals surface area contributed by atoms with Gasteiger partial charge in [0.15, 0.2) is 0 Å². The van der Waals surface area contributed by atoms with E-state index in [9.17, 15) is 0 Å². The lowest BCUT2D eigenvalue weighted by molar-refractivity contribution is -0.00305. The standard InChI is InChI=1S/C10H15Cl/c1-6-4-9(11)8-5-7(6)10(8,2)3/h4,7-9H,5H2,1-3H3/t7-,8+,9+/m1/s1. The molecular weight excluding hydrogens is 156 g/mol. The van der Waals surface area contributed by atoms with Gasteiger partial charge < -0.3 is 0 Å². The summed E-state index contributed by atoms with van der Waals surface area (Å²) in [6, 6.07) is 0. The maximum absolute atomic E-state index is 6.21. The molecular formula is C10H15Cl. The van der Waals surface area contributed by atoms with Gasteiger partial charge in [-0.2, -0.15) is 0 Å². The zero-order valence-corrected chi connectivity index (χ0v) is 8.15. The maximum atomic E-state index is 6.21. The van der Waals surface area contributed by atoms with Crippen LogP contribution in [0.2, 0.25) is 0 Å². The molecule has 0 amide bonds. The van der Waals surface area contributed by atoms with Crippen LogP contribution in [0.5, 0.6) is 0 Å². The Balaban J connectivity index is 2.34. The first-order valence-electron chi connectivity index (χ1n) is 4.36. The van der Waals surface area contributed by atoms with Crippen molar-refractivity contribution in [3.63, 3.8) is 0 Å². The van der Waals surface area contributed by atoms with Crippen molar-refractivity contribution >= 4 is 11.6 Å². The molecule has 1 heteroatoms. The number of allylic oxidation sites excluding steroid dienone is 2. The second kappa shape index (κ2) is 2.04. The predicted octanol–water partition coefficient (Wildman–Crippen LogP) is 3.22. The van der Waals surface area contributed by atoms with Crippen LogP contribution < -0.4 is 0 Å². The van der Waals surface area contributed by atoms with Gasteiger partial charge in [0.05, 0.1) is 5.38 Å². The SMILES string of the molecule is CC1=C[C@H](Cl)[C@@H]2C[C@H]1C2(C)C. The first-order valence-corrected chi connectivity index (χ1v) is 4.79. The normalized spacial score (nSPS) is 46.2. The van der Waals surface area contributed by atoms with Crippen LogP contribution in [0.15, 0.2) is 11.6 Å². The molecule has 0 radical (unpaired) electrons. The molecule has 0 unspecified atom stereocenters. The largest absolute Gasteiger partial charge is 0.118 e. The minimum Gasteiger partial charge on any atom is -0.118 e. The van der Waals surface area contributed by atoms with Crippen LogP contribution in [-0.2, 0) is 0 Å². The number of alkyl halides is 1. The van der Waals surface area contributed by atoms with Gasteiger partial charge in [-0.25, -0.2) is 0 Å². The minimum atomic E-state index is 0.301. The summed E-state index contributed by atoms with van der Waals surface area (Å²) in [5, 5.41) is 0.301. The Hall–Kier alpha value is 0.0300. The number of hydrogen-bond acceptors (Lipinski definition) is 0. The number of fused-ring (bicyclic) bond motifs is 1. The average Bonchev–Trinajstić information content (AvgIpc) is 1.84. The Morgan fingerprint density at radius 3 is 2.55 bits per heavy atom. The Morgan fingerprint density at radius 2 is 2.18 bits per heavy atom. The molecule has 1 fully saturated rings. The summed E-state index contributed by atoms with van der Waals surface area (Å²) in [4.78, 5) is 0. The zero-order valence-electron chi connectivity index (χ0n) is 7.39. The summed E-state index contributed by atoms with van der Waals surface area (Å²) in [5.74, 6) is 1.56. The topological polar surface area (TPSA) is 0 Å². The number of halogens is 1. The molecule has 3 aliphatic rings. The van der Waals surface area contributed by atoms with Crippen LogP contribution in [0, 0.1) is 17.3 Å². The van der Waals surface area contributed by atoms with Crippen molar-refractivity contribution < 1.29 is 0 Å². The molecule has 1 saturated carbocycles. The maximum Gasteiger partial charge on any atom is 0.0552 e. The highest BCUT2D eigenvalue weighted by molar-refractivity contribution is 6.22. The van der Waals surface area contributed by atoms with Gasteiger partial charge in [0.1, 0.15) is 0 Å². The van der Waals surface area contributed by atoms with Crippen LogP contribution in [0.4, 0.5) is 0 Å². The van der Waals surface area contributed by atoms with Gasteiger partial charge in [-0.1, -0.05) is 25.5 Å². The highest BCUT2D eigenvalue weighted by Gasteiger charge is 2.53. The Kier molecular flexibility index (Phi) is 1.42. The smallest absolute Gasteiger partial charge is 0.0552 e. The van der Waals surface area contributed by atoms with Crippen molar-refractivity contribution in [2.75, 3.05) is 0 Å². The molecule has 0 nitrogen and oxygen atoms in total. The van der Waals surface area contributed by atoms with Crippen molar-refractivity contribution in [2.24, 2.45) is 17.3 Å². The third-order valence-corrected chi connectivity index (χ3v) is 4.13. The fraction of sp³-hybridized carbons (Fsp3) is 0.800. The minimum absolute atomic E-state index is 0.301. The summed E-state index contributed by atoms with van der Waals surface area (Å²) in [5.41, 5.74) is 1.99. The van der Waals surface area contributed by atoms with E-state index < -0.39 is 0 Å². The van der Waals surface area contributed by atoms with E-state index in [1.807, 2.05) is 0 Å². The van der Waals surface area contributed by atoms with Gasteiger partial charge in [0.25, 0.3) is 0 Å². The Bertz CT molecular complexity index is 215. The summed E-state index contributed by atoms with van der Waals surface area (Å²) >= 11 is 6.21. The molecule has 3 atom stereocenters. The van der Waals surface area contributed by atoms with E-state index in [1.165, 1.54) is 12.0 Å². The summed E-state index contributed by atoms with van der Waals surface area (Å²) < 4.78 is 0. The van der Waals surface area contributed by atoms with Crippen LogP contribution in [-0.4, -0.2) is 5.38 Å². The Morgan fingerprint density at radius 1 is 1.55 bits per heavy atom. The van der Waals surface area contributed by atoms with Gasteiger partial charge in [0, 0.05) is 0 Å². The number of rotatable bonds is 0. The summed E-state index contributed by atoms with van der Waals surface area (Å²) in [7, 11) is 0. The first kappa shape index (κ1) is 7.67. The Labute approximate surface area is 73.6 Å². The quantitative estimate of drug-likeness (QED) is 0.387. The summed E-state index contributed by atoms with van der Waals surface area (Å²) in [6.45, 7) is 6.91. The molecule has 0 aliphatic heterocycles. The van der Waals surface area contributed by atoms with Crippen molar-refractivity contribution in [1.82, 2.24) is 0 Å². The van der Waals surface area contributed by atoms with E-state index in [-0.39, 0.29) is 0 Å². The second-order valence-corrected chi connectivity index (χ2v) is 5.08. The monoisotopic (exact) mass is 170 g/mol. The molecule has 3 aliphatic carbocycles. The fourth-order valence-electron chi connectivity index (χ4n) is 2.76. The van der Waals surface area contributed by atoms with E-state index >= 15 is 0 Å². The predicted molar refractivity (Wildman–Crippen MR) is 48.8 cm³/mol. The molecule has 0 aromatic carbocycles. The third-order valence-electron chi connectivity index (χ3n) is 3.70. The molecule has 0 spiro atoms. The van der Waals surface area contributed by atoms with E-state index in [2.05, 4.69) is 26.8 Å². The van der Waals surface area contributed by atoms with E-state index in [1.54, 1.807) is 0 Å². The zero-order chi connectivity index (χ0) is 8.22. The highest BCUT2D eigenvalue weighted by Crippen LogP contribution is 2.60. The lowest BCUT2D eigenvalue weighted by atomic mass is 9.49. The fourth-order valence-corrected chi connectivity index (χ4v) is 3.38. The van der Waals surface area contributed by atoms with Crippen molar-refractivity contribution in [3.8, 4) is 0 Å². The molecule has 0 heterocycles. The highest BCUT2D eigenvalue weighted by atomic mass is 35.5.